The highest BCUT2D eigenvalue weighted by atomic mass is 19.4. The molecule has 3 aromatic carbocycles. The van der Waals surface area contributed by atoms with Crippen LogP contribution in [0.4, 0.5) is 24.5 Å². The van der Waals surface area contributed by atoms with Crippen molar-refractivity contribution in [3.8, 4) is 0 Å². The Morgan fingerprint density at radius 2 is 1.44 bits per heavy atom. The lowest BCUT2D eigenvalue weighted by molar-refractivity contribution is -0.137. The lowest BCUT2D eigenvalue weighted by Crippen LogP contribution is -2.12. The Bertz CT molecular complexity index is 1160. The normalized spacial score (nSPS) is 12.1. The number of aromatic nitrogens is 1. The molecule has 0 saturated carbocycles. The zero-order chi connectivity index (χ0) is 19.3. The van der Waals surface area contributed by atoms with Crippen LogP contribution in [0.2, 0.25) is 0 Å². The summed E-state index contributed by atoms with van der Waals surface area (Å²) in [6.07, 6.45) is -4.35. The molecule has 0 aliphatic rings. The van der Waals surface area contributed by atoms with Gasteiger partial charge in [0.05, 0.1) is 11.1 Å². The Kier molecular flexibility index (Phi) is 3.91. The van der Waals surface area contributed by atoms with Crippen molar-refractivity contribution in [2.45, 2.75) is 13.1 Å². The first kappa shape index (κ1) is 17.5. The number of alkyl halides is 3. The number of hydrogen-bond acceptors (Lipinski definition) is 1. The van der Waals surface area contributed by atoms with Crippen molar-refractivity contribution in [1.82, 2.24) is 4.57 Å². The summed E-state index contributed by atoms with van der Waals surface area (Å²) < 4.78 is 41.2. The molecule has 4 aromatic rings. The minimum absolute atomic E-state index is 0.499. The van der Waals surface area contributed by atoms with Gasteiger partial charge in [0.1, 0.15) is 0 Å². The molecule has 0 N–H and O–H groups in total. The molecule has 0 saturated heterocycles. The van der Waals surface area contributed by atoms with Crippen molar-refractivity contribution in [3.05, 3.63) is 71.8 Å². The van der Waals surface area contributed by atoms with Gasteiger partial charge >= 0.3 is 6.18 Å². The van der Waals surface area contributed by atoms with Gasteiger partial charge in [-0.15, -0.1) is 0 Å². The molecule has 1 aromatic heterocycles. The van der Waals surface area contributed by atoms with Gasteiger partial charge in [-0.1, -0.05) is 24.3 Å². The van der Waals surface area contributed by atoms with Crippen LogP contribution in [-0.2, 0) is 13.2 Å². The minimum Gasteiger partial charge on any atom is -0.345 e. The number of anilines is 2. The minimum atomic E-state index is -4.35. The number of fused-ring (bicyclic) bond motifs is 3. The predicted molar refractivity (Wildman–Crippen MR) is 105 cm³/mol. The van der Waals surface area contributed by atoms with Gasteiger partial charge in [0.2, 0.25) is 0 Å². The topological polar surface area (TPSA) is 8.17 Å². The summed E-state index contributed by atoms with van der Waals surface area (Å²) in [5.41, 5.74) is 4.07. The highest BCUT2D eigenvalue weighted by Gasteiger charge is 2.30. The Morgan fingerprint density at radius 1 is 0.815 bits per heavy atom. The lowest BCUT2D eigenvalue weighted by atomic mass is 10.1. The van der Waals surface area contributed by atoms with Gasteiger partial charge in [-0.2, -0.15) is 13.2 Å². The molecule has 27 heavy (non-hydrogen) atoms. The van der Waals surface area contributed by atoms with Crippen LogP contribution in [0.1, 0.15) is 11.1 Å². The first-order valence-electron chi connectivity index (χ1n) is 8.65. The lowest BCUT2D eigenvalue weighted by Gasteiger charge is -2.21. The Hall–Kier alpha value is -2.95. The number of hydrogen-bond donors (Lipinski definition) is 0. The summed E-state index contributed by atoms with van der Waals surface area (Å²) in [7, 11) is 3.79. The molecule has 4 rings (SSSR count). The van der Waals surface area contributed by atoms with Crippen LogP contribution in [0.3, 0.4) is 0 Å². The smallest absolute Gasteiger partial charge is 0.345 e. The fourth-order valence-electron chi connectivity index (χ4n) is 3.55. The fourth-order valence-corrected chi connectivity index (χ4v) is 3.55. The number of nitrogens with zero attached hydrogens (tertiary/aromatic N) is 2. The van der Waals surface area contributed by atoms with E-state index < -0.39 is 11.7 Å². The number of rotatable bonds is 2. The summed E-state index contributed by atoms with van der Waals surface area (Å²) in [5, 5.41) is 2.31. The van der Waals surface area contributed by atoms with Gasteiger partial charge in [-0.3, -0.25) is 0 Å². The number of aryl methyl sites for hydroxylation is 2. The summed E-state index contributed by atoms with van der Waals surface area (Å²) >= 11 is 0. The SMILES string of the molecule is Cc1ccc2c3ccc(N(C)c4cccc(C(F)(F)F)c4)cc3n(C)c2c1. The van der Waals surface area contributed by atoms with Crippen LogP contribution >= 0.6 is 0 Å². The van der Waals surface area contributed by atoms with Gasteiger partial charge in [-0.05, 0) is 48.9 Å². The van der Waals surface area contributed by atoms with Crippen LogP contribution in [0.25, 0.3) is 21.8 Å². The summed E-state index contributed by atoms with van der Waals surface area (Å²) in [6, 6.07) is 17.7. The quantitative estimate of drug-likeness (QED) is 0.396. The Balaban J connectivity index is 1.82. The van der Waals surface area contributed by atoms with Gasteiger partial charge in [-0.25, -0.2) is 0 Å². The van der Waals surface area contributed by atoms with Crippen LogP contribution < -0.4 is 4.90 Å². The average molecular weight is 368 g/mol. The maximum Gasteiger partial charge on any atom is 0.416 e. The molecule has 0 aliphatic carbocycles. The van der Waals surface area contributed by atoms with Crippen LogP contribution in [0.15, 0.2) is 60.7 Å². The van der Waals surface area contributed by atoms with E-state index in [-0.39, 0.29) is 0 Å². The standard InChI is InChI=1S/C22H19F3N2/c1-14-7-9-18-19-10-8-17(13-21(19)27(3)20(18)11-14)26(2)16-6-4-5-15(12-16)22(23,24)25/h4-13H,1-3H3. The molecule has 0 unspecified atom stereocenters. The van der Waals surface area contributed by atoms with E-state index in [2.05, 4.69) is 29.7 Å². The molecule has 0 atom stereocenters. The predicted octanol–water partition coefficient (Wildman–Crippen LogP) is 6.43. The van der Waals surface area contributed by atoms with E-state index in [0.29, 0.717) is 5.69 Å². The Morgan fingerprint density at radius 3 is 2.15 bits per heavy atom. The van der Waals surface area contributed by atoms with Gasteiger partial charge in [0.15, 0.2) is 0 Å². The van der Waals surface area contributed by atoms with Gasteiger partial charge < -0.3 is 9.47 Å². The first-order valence-corrected chi connectivity index (χ1v) is 8.65. The van der Waals surface area contributed by atoms with Crippen molar-refractivity contribution in [2.75, 3.05) is 11.9 Å². The molecule has 0 fully saturated rings. The zero-order valence-electron chi connectivity index (χ0n) is 15.3. The van der Waals surface area contributed by atoms with Crippen molar-refractivity contribution in [2.24, 2.45) is 7.05 Å². The first-order chi connectivity index (χ1) is 12.8. The fraction of sp³-hybridized carbons (Fsp3) is 0.182. The van der Waals surface area contributed by atoms with E-state index in [1.807, 2.05) is 25.2 Å². The Labute approximate surface area is 155 Å². The third kappa shape index (κ3) is 2.93. The van der Waals surface area contributed by atoms with E-state index in [9.17, 15) is 13.2 Å². The second-order valence-corrected chi connectivity index (χ2v) is 6.89. The van der Waals surface area contributed by atoms with E-state index >= 15 is 0 Å². The molecule has 0 bridgehead atoms. The van der Waals surface area contributed by atoms with E-state index in [4.69, 9.17) is 0 Å². The van der Waals surface area contributed by atoms with Gasteiger partial charge in [0, 0.05) is 41.8 Å². The van der Waals surface area contributed by atoms with Crippen molar-refractivity contribution in [3.63, 3.8) is 0 Å². The van der Waals surface area contributed by atoms with Crippen molar-refractivity contribution >= 4 is 33.2 Å². The maximum absolute atomic E-state index is 13.0. The molecule has 2 nitrogen and oxygen atoms in total. The molecule has 1 heterocycles. The molecule has 138 valence electrons. The summed E-state index contributed by atoms with van der Waals surface area (Å²) in [5.74, 6) is 0. The van der Waals surface area contributed by atoms with Gasteiger partial charge in [0.25, 0.3) is 0 Å². The molecular formula is C22H19F3N2. The number of halogens is 3. The average Bonchev–Trinajstić information content (AvgIpc) is 2.92. The molecule has 0 aliphatic heterocycles. The molecular weight excluding hydrogens is 349 g/mol. The van der Waals surface area contributed by atoms with Crippen LogP contribution in [-0.4, -0.2) is 11.6 Å². The summed E-state index contributed by atoms with van der Waals surface area (Å²) in [4.78, 5) is 1.78. The third-order valence-corrected chi connectivity index (χ3v) is 5.10. The molecule has 0 amide bonds. The van der Waals surface area contributed by atoms with Crippen LogP contribution in [0, 0.1) is 6.92 Å². The van der Waals surface area contributed by atoms with Crippen molar-refractivity contribution < 1.29 is 13.2 Å². The highest BCUT2D eigenvalue weighted by molar-refractivity contribution is 6.09. The summed E-state index contributed by atoms with van der Waals surface area (Å²) in [6.45, 7) is 2.06. The monoisotopic (exact) mass is 368 g/mol. The van der Waals surface area contributed by atoms with E-state index in [0.717, 1.165) is 28.2 Å². The van der Waals surface area contributed by atoms with E-state index in [1.165, 1.54) is 23.1 Å². The highest BCUT2D eigenvalue weighted by Crippen LogP contribution is 2.35. The second kappa shape index (κ2) is 6.05. The third-order valence-electron chi connectivity index (χ3n) is 5.10. The molecule has 0 radical (unpaired) electrons. The zero-order valence-corrected chi connectivity index (χ0v) is 15.3. The maximum atomic E-state index is 13.0. The molecule has 5 heteroatoms. The molecule has 0 spiro atoms. The van der Waals surface area contributed by atoms with E-state index in [1.54, 1.807) is 18.0 Å². The largest absolute Gasteiger partial charge is 0.416 e. The van der Waals surface area contributed by atoms with Crippen molar-refractivity contribution in [1.29, 1.82) is 0 Å². The number of benzene rings is 3. The van der Waals surface area contributed by atoms with Crippen LogP contribution in [0.5, 0.6) is 0 Å². The second-order valence-electron chi connectivity index (χ2n) is 6.89.